The molecule has 5 heteroatoms. The molecule has 12 heavy (non-hydrogen) atoms. The summed E-state index contributed by atoms with van der Waals surface area (Å²) in [6, 6.07) is 0. The molecule has 3 nitrogen and oxygen atoms in total. The molecule has 0 aliphatic heterocycles. The minimum atomic E-state index is -0.190. The molecule has 2 atom stereocenters. The lowest BCUT2D eigenvalue weighted by Gasteiger charge is -2.18. The lowest BCUT2D eigenvalue weighted by molar-refractivity contribution is 0.917. The van der Waals surface area contributed by atoms with E-state index in [1.807, 2.05) is 13.8 Å². The maximum Gasteiger partial charge on any atom is 0.146 e. The molecule has 0 fully saturated rings. The molecule has 0 bridgehead atoms. The van der Waals surface area contributed by atoms with Crippen molar-refractivity contribution >= 4 is 24.3 Å². The predicted molar refractivity (Wildman–Crippen MR) is 58.0 cm³/mol. The Balaban J connectivity index is 3.19. The number of anilines is 1. The van der Waals surface area contributed by atoms with Gasteiger partial charge in [-0.15, -0.1) is 18.5 Å². The summed E-state index contributed by atoms with van der Waals surface area (Å²) in [5.74, 6) is 0.502. The second kappa shape index (κ2) is 3.24. The van der Waals surface area contributed by atoms with Crippen LogP contribution in [0.2, 0.25) is 0 Å². The van der Waals surface area contributed by atoms with E-state index in [-0.39, 0.29) is 4.90 Å². The van der Waals surface area contributed by atoms with Gasteiger partial charge in [0.25, 0.3) is 0 Å². The zero-order valence-electron chi connectivity index (χ0n) is 7.20. The van der Waals surface area contributed by atoms with Crippen molar-refractivity contribution in [3.05, 3.63) is 17.6 Å². The molecule has 0 aromatic carbocycles. The second-order valence-electron chi connectivity index (χ2n) is 3.03. The molecule has 2 unspecified atom stereocenters. The minimum Gasteiger partial charge on any atom is -0.382 e. The fourth-order valence-corrected chi connectivity index (χ4v) is 1.36. The lowest BCUT2D eigenvalue weighted by Crippen LogP contribution is -2.11. The summed E-state index contributed by atoms with van der Waals surface area (Å²) in [7, 11) is 5.32. The van der Waals surface area contributed by atoms with Crippen LogP contribution >= 0.6 is 18.5 Å². The molecular weight excluding hydrogens is 188 g/mol. The van der Waals surface area contributed by atoms with Crippen LogP contribution in [0.25, 0.3) is 0 Å². The van der Waals surface area contributed by atoms with Crippen LogP contribution < -0.4 is 5.73 Å². The molecule has 0 radical (unpaired) electrons. The average molecular weight is 201 g/mol. The molecule has 0 aliphatic rings. The lowest BCUT2D eigenvalue weighted by atomic mass is 10.3. The standard InChI is InChI=1S/C7H13N3P2/c1-4-3-9-5(6(8)10-4)7(2,11)12/h3H,11-12H2,1-2H3,(H2,8,10). The first kappa shape index (κ1) is 9.83. The highest BCUT2D eigenvalue weighted by Gasteiger charge is 2.19. The van der Waals surface area contributed by atoms with Crippen molar-refractivity contribution in [3.8, 4) is 0 Å². The zero-order chi connectivity index (χ0) is 9.35. The normalized spacial score (nSPS) is 11.7. The van der Waals surface area contributed by atoms with E-state index < -0.39 is 0 Å². The highest BCUT2D eigenvalue weighted by molar-refractivity contribution is 7.38. The van der Waals surface area contributed by atoms with E-state index in [0.717, 1.165) is 11.4 Å². The van der Waals surface area contributed by atoms with Crippen molar-refractivity contribution in [2.24, 2.45) is 0 Å². The van der Waals surface area contributed by atoms with Crippen LogP contribution in [0.4, 0.5) is 5.82 Å². The van der Waals surface area contributed by atoms with Gasteiger partial charge < -0.3 is 5.73 Å². The molecule has 1 heterocycles. The molecule has 2 N–H and O–H groups in total. The van der Waals surface area contributed by atoms with Gasteiger partial charge in [-0.25, -0.2) is 4.98 Å². The quantitative estimate of drug-likeness (QED) is 0.696. The molecule has 0 amide bonds. The number of hydrogen-bond acceptors (Lipinski definition) is 3. The van der Waals surface area contributed by atoms with Crippen molar-refractivity contribution in [1.29, 1.82) is 0 Å². The van der Waals surface area contributed by atoms with Crippen molar-refractivity contribution in [1.82, 2.24) is 9.97 Å². The SMILES string of the molecule is Cc1cnc(C(C)(P)P)c(N)n1. The van der Waals surface area contributed by atoms with Gasteiger partial charge in [-0.2, -0.15) is 0 Å². The Hall–Kier alpha value is -0.260. The highest BCUT2D eigenvalue weighted by atomic mass is 31.1. The van der Waals surface area contributed by atoms with Crippen LogP contribution in [0, 0.1) is 6.92 Å². The van der Waals surface area contributed by atoms with Crippen molar-refractivity contribution in [2.45, 2.75) is 18.7 Å². The Kier molecular flexibility index (Phi) is 2.65. The summed E-state index contributed by atoms with van der Waals surface area (Å²) in [6.45, 7) is 3.87. The average Bonchev–Trinajstić information content (AvgIpc) is 1.83. The van der Waals surface area contributed by atoms with E-state index >= 15 is 0 Å². The number of nitrogen functional groups attached to an aromatic ring is 1. The summed E-state index contributed by atoms with van der Waals surface area (Å²) in [5.41, 5.74) is 7.34. The van der Waals surface area contributed by atoms with Gasteiger partial charge in [0.2, 0.25) is 0 Å². The van der Waals surface area contributed by atoms with Crippen LogP contribution in [0.1, 0.15) is 18.3 Å². The van der Waals surface area contributed by atoms with Crippen molar-refractivity contribution < 1.29 is 0 Å². The minimum absolute atomic E-state index is 0.190. The number of nitrogens with two attached hydrogens (primary N) is 1. The van der Waals surface area contributed by atoms with Crippen LogP contribution in [-0.4, -0.2) is 9.97 Å². The number of nitrogens with zero attached hydrogens (tertiary/aromatic N) is 2. The Morgan fingerprint density at radius 3 is 2.50 bits per heavy atom. The molecule has 66 valence electrons. The van der Waals surface area contributed by atoms with Gasteiger partial charge in [-0.05, 0) is 13.8 Å². The third-order valence-electron chi connectivity index (χ3n) is 1.43. The number of rotatable bonds is 1. The Morgan fingerprint density at radius 1 is 1.50 bits per heavy atom. The van der Waals surface area contributed by atoms with E-state index in [1.54, 1.807) is 6.20 Å². The van der Waals surface area contributed by atoms with Gasteiger partial charge in [-0.1, -0.05) is 0 Å². The predicted octanol–water partition coefficient (Wildman–Crippen LogP) is 1.29. The third-order valence-corrected chi connectivity index (χ3v) is 1.98. The molecule has 0 saturated carbocycles. The summed E-state index contributed by atoms with van der Waals surface area (Å²) in [4.78, 5) is 8.16. The Labute approximate surface area is 77.0 Å². The molecular formula is C7H13N3P2. The summed E-state index contributed by atoms with van der Waals surface area (Å²) >= 11 is 0. The molecule has 0 saturated heterocycles. The first-order valence-electron chi connectivity index (χ1n) is 3.58. The second-order valence-corrected chi connectivity index (χ2v) is 6.09. The van der Waals surface area contributed by atoms with Gasteiger partial charge in [0.05, 0.1) is 11.4 Å². The summed E-state index contributed by atoms with van der Waals surface area (Å²) in [6.07, 6.45) is 1.72. The topological polar surface area (TPSA) is 51.8 Å². The van der Waals surface area contributed by atoms with Crippen molar-refractivity contribution in [3.63, 3.8) is 0 Å². The molecule has 1 aromatic rings. The Bertz CT molecular complexity index is 293. The zero-order valence-corrected chi connectivity index (χ0v) is 9.51. The summed E-state index contributed by atoms with van der Waals surface area (Å²) in [5, 5.41) is 0. The molecule has 1 rings (SSSR count). The van der Waals surface area contributed by atoms with Crippen LogP contribution in [0.5, 0.6) is 0 Å². The number of aryl methyl sites for hydroxylation is 1. The van der Waals surface area contributed by atoms with Crippen LogP contribution in [-0.2, 0) is 4.90 Å². The first-order valence-corrected chi connectivity index (χ1v) is 4.74. The smallest absolute Gasteiger partial charge is 0.146 e. The van der Waals surface area contributed by atoms with E-state index in [0.29, 0.717) is 5.82 Å². The molecule has 0 spiro atoms. The fraction of sp³-hybridized carbons (Fsp3) is 0.429. The monoisotopic (exact) mass is 201 g/mol. The van der Waals surface area contributed by atoms with Gasteiger partial charge in [0.1, 0.15) is 5.82 Å². The van der Waals surface area contributed by atoms with E-state index in [9.17, 15) is 0 Å². The highest BCUT2D eigenvalue weighted by Crippen LogP contribution is 2.38. The molecule has 1 aromatic heterocycles. The van der Waals surface area contributed by atoms with Gasteiger partial charge >= 0.3 is 0 Å². The maximum atomic E-state index is 5.71. The third kappa shape index (κ3) is 2.12. The van der Waals surface area contributed by atoms with Gasteiger partial charge in [0, 0.05) is 11.1 Å². The number of hydrogen-bond donors (Lipinski definition) is 1. The van der Waals surface area contributed by atoms with Crippen LogP contribution in [0.3, 0.4) is 0 Å². The fourth-order valence-electron chi connectivity index (χ4n) is 0.911. The van der Waals surface area contributed by atoms with E-state index in [2.05, 4.69) is 28.4 Å². The largest absolute Gasteiger partial charge is 0.382 e. The number of aromatic nitrogens is 2. The maximum absolute atomic E-state index is 5.71. The van der Waals surface area contributed by atoms with Crippen LogP contribution in [0.15, 0.2) is 6.20 Å². The van der Waals surface area contributed by atoms with Crippen molar-refractivity contribution in [2.75, 3.05) is 5.73 Å². The summed E-state index contributed by atoms with van der Waals surface area (Å²) < 4.78 is 0. The van der Waals surface area contributed by atoms with Gasteiger partial charge in [-0.3, -0.25) is 4.98 Å². The van der Waals surface area contributed by atoms with E-state index in [4.69, 9.17) is 5.73 Å². The van der Waals surface area contributed by atoms with E-state index in [1.165, 1.54) is 0 Å². The first-order chi connectivity index (χ1) is 5.41. The molecule has 0 aliphatic carbocycles. The van der Waals surface area contributed by atoms with Gasteiger partial charge in [0.15, 0.2) is 0 Å². The Morgan fingerprint density at radius 2 is 2.08 bits per heavy atom.